The number of unbranched alkanes of at least 4 members (excludes halogenated alkanes) is 2. The van der Waals surface area contributed by atoms with E-state index in [9.17, 15) is 5.11 Å². The van der Waals surface area contributed by atoms with Gasteiger partial charge >= 0.3 is 0 Å². The van der Waals surface area contributed by atoms with Gasteiger partial charge in [0.15, 0.2) is 0 Å². The van der Waals surface area contributed by atoms with Gasteiger partial charge in [-0.05, 0) is 31.0 Å². The first-order chi connectivity index (χ1) is 10.8. The predicted molar refractivity (Wildman–Crippen MR) is 85.9 cm³/mol. The minimum Gasteiger partial charge on any atom is -0.494 e. The molecule has 2 aromatic rings. The fourth-order valence-corrected chi connectivity index (χ4v) is 2.44. The largest absolute Gasteiger partial charge is 0.494 e. The second kappa shape index (κ2) is 8.54. The Hall–Kier alpha value is -1.88. The van der Waals surface area contributed by atoms with Crippen LogP contribution in [-0.4, -0.2) is 26.7 Å². The summed E-state index contributed by atoms with van der Waals surface area (Å²) in [5.41, 5.74) is 2.84. The second-order valence-electron chi connectivity index (χ2n) is 5.32. The summed E-state index contributed by atoms with van der Waals surface area (Å²) in [6, 6.07) is 8.05. The molecule has 0 radical (unpaired) electrons. The zero-order valence-corrected chi connectivity index (χ0v) is 13.5. The predicted octanol–water partition coefficient (Wildman–Crippen LogP) is 2.95. The van der Waals surface area contributed by atoms with E-state index >= 15 is 0 Å². The number of hydrogen-bond donors (Lipinski definition) is 1. The van der Waals surface area contributed by atoms with Crippen molar-refractivity contribution in [3.8, 4) is 5.75 Å². The molecule has 0 bridgehead atoms. The molecule has 5 nitrogen and oxygen atoms in total. The lowest BCUT2D eigenvalue weighted by Crippen LogP contribution is -2.07. The molecule has 0 amide bonds. The van der Waals surface area contributed by atoms with Crippen LogP contribution in [0.5, 0.6) is 5.75 Å². The van der Waals surface area contributed by atoms with Gasteiger partial charge in [0.05, 0.1) is 18.9 Å². The highest BCUT2D eigenvalue weighted by Crippen LogP contribution is 2.17. The van der Waals surface area contributed by atoms with Gasteiger partial charge in [0, 0.05) is 13.0 Å². The van der Waals surface area contributed by atoms with Crippen LogP contribution in [0.3, 0.4) is 0 Å². The molecule has 1 aromatic heterocycles. The van der Waals surface area contributed by atoms with Crippen LogP contribution >= 0.6 is 0 Å². The summed E-state index contributed by atoms with van der Waals surface area (Å²) < 4.78 is 7.39. The monoisotopic (exact) mass is 303 g/mol. The zero-order valence-electron chi connectivity index (χ0n) is 13.5. The van der Waals surface area contributed by atoms with Gasteiger partial charge < -0.3 is 9.84 Å². The van der Waals surface area contributed by atoms with Gasteiger partial charge in [0.2, 0.25) is 0 Å². The third kappa shape index (κ3) is 4.31. The Balaban J connectivity index is 2.11. The van der Waals surface area contributed by atoms with E-state index in [-0.39, 0.29) is 6.61 Å². The molecular weight excluding hydrogens is 278 g/mol. The molecule has 1 heterocycles. The van der Waals surface area contributed by atoms with Crippen molar-refractivity contribution < 1.29 is 9.84 Å². The van der Waals surface area contributed by atoms with Gasteiger partial charge in [-0.2, -0.15) is 0 Å². The molecular formula is C17H25N3O2. The Kier molecular flexibility index (Phi) is 6.40. The molecule has 0 fully saturated rings. The van der Waals surface area contributed by atoms with Gasteiger partial charge in [-0.3, -0.25) is 0 Å². The molecule has 0 aliphatic rings. The molecule has 2 rings (SSSR count). The van der Waals surface area contributed by atoms with Crippen LogP contribution in [0.4, 0.5) is 0 Å². The Labute approximate surface area is 131 Å². The first-order valence-electron chi connectivity index (χ1n) is 8.02. The summed E-state index contributed by atoms with van der Waals surface area (Å²) in [5.74, 6) is 0.878. The summed E-state index contributed by atoms with van der Waals surface area (Å²) in [6.07, 6.45) is 4.16. The number of ether oxygens (including phenoxy) is 1. The summed E-state index contributed by atoms with van der Waals surface area (Å²) in [7, 11) is 0. The van der Waals surface area contributed by atoms with Crippen molar-refractivity contribution in [2.45, 2.75) is 52.7 Å². The van der Waals surface area contributed by atoms with Crippen LogP contribution in [0.2, 0.25) is 0 Å². The highest BCUT2D eigenvalue weighted by molar-refractivity contribution is 5.30. The van der Waals surface area contributed by atoms with Gasteiger partial charge in [-0.1, -0.05) is 37.1 Å². The number of aromatic nitrogens is 3. The molecule has 0 spiro atoms. The number of aliphatic hydroxyl groups excluding tert-OH is 1. The summed E-state index contributed by atoms with van der Waals surface area (Å²) in [4.78, 5) is 0. The maximum absolute atomic E-state index is 9.46. The third-order valence-electron chi connectivity index (χ3n) is 3.65. The SMILES string of the molecule is CCCCCn1nnc(CO)c1Cc1ccc(OCC)cc1. The number of rotatable bonds is 9. The van der Waals surface area contributed by atoms with Gasteiger partial charge in [-0.25, -0.2) is 4.68 Å². The molecule has 0 aliphatic heterocycles. The van der Waals surface area contributed by atoms with Crippen molar-refractivity contribution in [1.29, 1.82) is 0 Å². The van der Waals surface area contributed by atoms with E-state index in [1.54, 1.807) is 0 Å². The van der Waals surface area contributed by atoms with Crippen LogP contribution in [-0.2, 0) is 19.6 Å². The van der Waals surface area contributed by atoms with E-state index in [2.05, 4.69) is 29.4 Å². The van der Waals surface area contributed by atoms with E-state index in [0.29, 0.717) is 12.3 Å². The molecule has 0 unspecified atom stereocenters. The lowest BCUT2D eigenvalue weighted by molar-refractivity contribution is 0.275. The molecule has 1 N–H and O–H groups in total. The van der Waals surface area contributed by atoms with Gasteiger partial charge in [0.1, 0.15) is 11.4 Å². The smallest absolute Gasteiger partial charge is 0.119 e. The topological polar surface area (TPSA) is 60.2 Å². The maximum Gasteiger partial charge on any atom is 0.119 e. The minimum absolute atomic E-state index is 0.0693. The number of benzene rings is 1. The highest BCUT2D eigenvalue weighted by Gasteiger charge is 2.12. The van der Waals surface area contributed by atoms with Crippen LogP contribution in [0.1, 0.15) is 50.1 Å². The molecule has 0 atom stereocenters. The zero-order chi connectivity index (χ0) is 15.8. The third-order valence-corrected chi connectivity index (χ3v) is 3.65. The van der Waals surface area contributed by atoms with Crippen molar-refractivity contribution in [2.24, 2.45) is 0 Å². The molecule has 0 saturated heterocycles. The Morgan fingerprint density at radius 2 is 1.91 bits per heavy atom. The standard InChI is InChI=1S/C17H25N3O2/c1-3-5-6-11-20-17(16(13-21)18-19-20)12-14-7-9-15(10-8-14)22-4-2/h7-10,21H,3-6,11-13H2,1-2H3. The van der Waals surface area contributed by atoms with E-state index < -0.39 is 0 Å². The normalized spacial score (nSPS) is 10.9. The fraction of sp³-hybridized carbons (Fsp3) is 0.529. The summed E-state index contributed by atoms with van der Waals surface area (Å²) in [6.45, 7) is 5.61. The number of hydrogen-bond acceptors (Lipinski definition) is 4. The van der Waals surface area contributed by atoms with Crippen molar-refractivity contribution in [1.82, 2.24) is 15.0 Å². The minimum atomic E-state index is -0.0693. The van der Waals surface area contributed by atoms with Crippen molar-refractivity contribution in [3.05, 3.63) is 41.2 Å². The van der Waals surface area contributed by atoms with E-state index in [0.717, 1.165) is 36.4 Å². The lowest BCUT2D eigenvalue weighted by Gasteiger charge is -2.09. The molecule has 5 heteroatoms. The average molecular weight is 303 g/mol. The summed E-state index contributed by atoms with van der Waals surface area (Å²) >= 11 is 0. The Morgan fingerprint density at radius 3 is 2.55 bits per heavy atom. The lowest BCUT2D eigenvalue weighted by atomic mass is 10.1. The van der Waals surface area contributed by atoms with E-state index in [1.165, 1.54) is 12.8 Å². The fourth-order valence-electron chi connectivity index (χ4n) is 2.44. The Morgan fingerprint density at radius 1 is 1.14 bits per heavy atom. The average Bonchev–Trinajstić information content (AvgIpc) is 2.92. The number of aryl methyl sites for hydroxylation is 1. The van der Waals surface area contributed by atoms with Crippen molar-refractivity contribution in [3.63, 3.8) is 0 Å². The van der Waals surface area contributed by atoms with Crippen molar-refractivity contribution in [2.75, 3.05) is 6.61 Å². The van der Waals surface area contributed by atoms with Crippen LogP contribution in [0.25, 0.3) is 0 Å². The first kappa shape index (κ1) is 16.5. The number of aliphatic hydroxyl groups is 1. The van der Waals surface area contributed by atoms with Crippen LogP contribution < -0.4 is 4.74 Å². The van der Waals surface area contributed by atoms with Crippen LogP contribution in [0.15, 0.2) is 24.3 Å². The summed E-state index contributed by atoms with van der Waals surface area (Å²) in [5, 5.41) is 17.7. The Bertz CT molecular complexity index is 564. The van der Waals surface area contributed by atoms with Gasteiger partial charge in [0.25, 0.3) is 0 Å². The molecule has 22 heavy (non-hydrogen) atoms. The maximum atomic E-state index is 9.46. The quantitative estimate of drug-likeness (QED) is 0.724. The number of nitrogens with zero attached hydrogens (tertiary/aromatic N) is 3. The van der Waals surface area contributed by atoms with Crippen molar-refractivity contribution >= 4 is 0 Å². The molecule has 120 valence electrons. The molecule has 0 aliphatic carbocycles. The first-order valence-corrected chi connectivity index (χ1v) is 8.02. The van der Waals surface area contributed by atoms with Crippen LogP contribution in [0, 0.1) is 0 Å². The van der Waals surface area contributed by atoms with E-state index in [1.807, 2.05) is 23.7 Å². The second-order valence-corrected chi connectivity index (χ2v) is 5.32. The van der Waals surface area contributed by atoms with E-state index in [4.69, 9.17) is 4.74 Å². The van der Waals surface area contributed by atoms with Gasteiger partial charge in [-0.15, -0.1) is 5.10 Å². The molecule has 1 aromatic carbocycles. The highest BCUT2D eigenvalue weighted by atomic mass is 16.5. The molecule has 0 saturated carbocycles.